The molecule has 0 bridgehead atoms. The standard InChI is InChI=1S/C15H25N5O/c1-11(17-15(21)12-6-5-8-16-10-12)14-19-18-13-7-3-2-4-9-20(13)14/h11-12,16H,2-10H2,1H3,(H,17,21)/t11?,12-/m1/s1. The van der Waals surface area contributed by atoms with Crippen molar-refractivity contribution in [2.75, 3.05) is 13.1 Å². The molecule has 2 aliphatic heterocycles. The Balaban J connectivity index is 1.66. The Hall–Kier alpha value is -1.43. The molecule has 116 valence electrons. The van der Waals surface area contributed by atoms with Crippen LogP contribution in [0.4, 0.5) is 0 Å². The van der Waals surface area contributed by atoms with Gasteiger partial charge >= 0.3 is 0 Å². The number of piperidine rings is 1. The molecule has 1 unspecified atom stereocenters. The van der Waals surface area contributed by atoms with Gasteiger partial charge in [-0.2, -0.15) is 0 Å². The number of hydrogen-bond donors (Lipinski definition) is 2. The van der Waals surface area contributed by atoms with Crippen molar-refractivity contribution >= 4 is 5.91 Å². The number of carbonyl (C=O) groups is 1. The van der Waals surface area contributed by atoms with Crippen LogP contribution < -0.4 is 10.6 Å². The molecule has 3 rings (SSSR count). The third-order valence-electron chi connectivity index (χ3n) is 4.55. The lowest BCUT2D eigenvalue weighted by molar-refractivity contribution is -0.126. The van der Waals surface area contributed by atoms with Crippen molar-refractivity contribution in [3.8, 4) is 0 Å². The zero-order chi connectivity index (χ0) is 14.7. The molecule has 0 radical (unpaired) electrons. The lowest BCUT2D eigenvalue weighted by atomic mass is 9.98. The Morgan fingerprint density at radius 2 is 2.24 bits per heavy atom. The fourth-order valence-corrected chi connectivity index (χ4v) is 3.30. The first-order chi connectivity index (χ1) is 10.3. The van der Waals surface area contributed by atoms with Gasteiger partial charge in [0.05, 0.1) is 12.0 Å². The van der Waals surface area contributed by atoms with Crippen molar-refractivity contribution < 1.29 is 4.79 Å². The highest BCUT2D eigenvalue weighted by molar-refractivity contribution is 5.79. The number of rotatable bonds is 3. The maximum Gasteiger partial charge on any atom is 0.224 e. The molecule has 0 aromatic carbocycles. The first-order valence-corrected chi connectivity index (χ1v) is 8.19. The molecule has 1 saturated heterocycles. The first-order valence-electron chi connectivity index (χ1n) is 8.19. The number of nitrogens with one attached hydrogen (secondary N) is 2. The van der Waals surface area contributed by atoms with Crippen molar-refractivity contribution in [1.82, 2.24) is 25.4 Å². The van der Waals surface area contributed by atoms with E-state index in [0.717, 1.165) is 50.5 Å². The van der Waals surface area contributed by atoms with Crippen molar-refractivity contribution in [3.63, 3.8) is 0 Å². The quantitative estimate of drug-likeness (QED) is 0.877. The summed E-state index contributed by atoms with van der Waals surface area (Å²) < 4.78 is 2.21. The largest absolute Gasteiger partial charge is 0.346 e. The SMILES string of the molecule is CC(NC(=O)[C@@H]1CCCNC1)c1nnc2n1CCCCC2. The molecule has 0 saturated carbocycles. The van der Waals surface area contributed by atoms with Crippen LogP contribution >= 0.6 is 0 Å². The second kappa shape index (κ2) is 6.56. The molecular formula is C15H25N5O. The predicted octanol–water partition coefficient (Wildman–Crippen LogP) is 1.18. The van der Waals surface area contributed by atoms with E-state index in [1.54, 1.807) is 0 Å². The number of fused-ring (bicyclic) bond motifs is 1. The van der Waals surface area contributed by atoms with Gasteiger partial charge in [0.1, 0.15) is 5.82 Å². The van der Waals surface area contributed by atoms with Gasteiger partial charge in [-0.1, -0.05) is 6.42 Å². The third-order valence-corrected chi connectivity index (χ3v) is 4.55. The molecule has 1 aromatic rings. The summed E-state index contributed by atoms with van der Waals surface area (Å²) >= 11 is 0. The maximum atomic E-state index is 12.3. The lowest BCUT2D eigenvalue weighted by Crippen LogP contribution is -2.41. The van der Waals surface area contributed by atoms with Gasteiger partial charge < -0.3 is 15.2 Å². The van der Waals surface area contributed by atoms with E-state index < -0.39 is 0 Å². The van der Waals surface area contributed by atoms with E-state index in [4.69, 9.17) is 0 Å². The summed E-state index contributed by atoms with van der Waals surface area (Å²) in [5.41, 5.74) is 0. The molecule has 0 aliphatic carbocycles. The Morgan fingerprint density at radius 1 is 1.33 bits per heavy atom. The van der Waals surface area contributed by atoms with Crippen LogP contribution in [0.1, 0.15) is 56.7 Å². The lowest BCUT2D eigenvalue weighted by Gasteiger charge is -2.24. The molecule has 0 spiro atoms. The fourth-order valence-electron chi connectivity index (χ4n) is 3.30. The van der Waals surface area contributed by atoms with Crippen LogP contribution in [0, 0.1) is 5.92 Å². The molecule has 1 fully saturated rings. The second-order valence-corrected chi connectivity index (χ2v) is 6.21. The van der Waals surface area contributed by atoms with Crippen LogP contribution in [0.5, 0.6) is 0 Å². The summed E-state index contributed by atoms with van der Waals surface area (Å²) in [7, 11) is 0. The van der Waals surface area contributed by atoms with Gasteiger partial charge in [0.25, 0.3) is 0 Å². The Labute approximate surface area is 125 Å². The molecule has 2 aliphatic rings. The van der Waals surface area contributed by atoms with E-state index in [9.17, 15) is 4.79 Å². The van der Waals surface area contributed by atoms with Crippen molar-refractivity contribution in [2.24, 2.45) is 5.92 Å². The molecular weight excluding hydrogens is 266 g/mol. The summed E-state index contributed by atoms with van der Waals surface area (Å²) in [6.45, 7) is 4.80. The average Bonchev–Trinajstić information content (AvgIpc) is 2.77. The molecule has 6 nitrogen and oxygen atoms in total. The van der Waals surface area contributed by atoms with Crippen molar-refractivity contribution in [1.29, 1.82) is 0 Å². The van der Waals surface area contributed by atoms with Crippen LogP contribution in [0.15, 0.2) is 0 Å². The number of hydrogen-bond acceptors (Lipinski definition) is 4. The average molecular weight is 291 g/mol. The highest BCUT2D eigenvalue weighted by Gasteiger charge is 2.25. The van der Waals surface area contributed by atoms with E-state index in [1.165, 1.54) is 19.3 Å². The zero-order valence-corrected chi connectivity index (χ0v) is 12.8. The normalized spacial score (nSPS) is 24.0. The van der Waals surface area contributed by atoms with Gasteiger partial charge in [-0.05, 0) is 39.2 Å². The molecule has 6 heteroatoms. The highest BCUT2D eigenvalue weighted by atomic mass is 16.2. The highest BCUT2D eigenvalue weighted by Crippen LogP contribution is 2.19. The Morgan fingerprint density at radius 3 is 3.05 bits per heavy atom. The summed E-state index contributed by atoms with van der Waals surface area (Å²) in [6.07, 6.45) is 6.66. The number of carbonyl (C=O) groups excluding carboxylic acids is 1. The Kier molecular flexibility index (Phi) is 4.53. The fraction of sp³-hybridized carbons (Fsp3) is 0.800. The van der Waals surface area contributed by atoms with Crippen molar-refractivity contribution in [2.45, 2.75) is 58.0 Å². The Bertz CT molecular complexity index is 492. The third kappa shape index (κ3) is 3.26. The first kappa shape index (κ1) is 14.5. The van der Waals surface area contributed by atoms with Gasteiger partial charge in [0, 0.05) is 19.5 Å². The number of nitrogens with zero attached hydrogens (tertiary/aromatic N) is 3. The summed E-state index contributed by atoms with van der Waals surface area (Å²) in [6, 6.07) is -0.0706. The molecule has 3 heterocycles. The van der Waals surface area contributed by atoms with Gasteiger partial charge in [-0.25, -0.2) is 0 Å². The minimum Gasteiger partial charge on any atom is -0.346 e. The van der Waals surface area contributed by atoms with E-state index in [-0.39, 0.29) is 17.9 Å². The van der Waals surface area contributed by atoms with Crippen LogP contribution in [0.25, 0.3) is 0 Å². The molecule has 1 aromatic heterocycles. The monoisotopic (exact) mass is 291 g/mol. The van der Waals surface area contributed by atoms with Crippen LogP contribution in [-0.2, 0) is 17.8 Å². The van der Waals surface area contributed by atoms with E-state index in [0.29, 0.717) is 0 Å². The molecule has 1 amide bonds. The van der Waals surface area contributed by atoms with E-state index in [2.05, 4.69) is 25.4 Å². The van der Waals surface area contributed by atoms with Crippen LogP contribution in [-0.4, -0.2) is 33.8 Å². The predicted molar refractivity (Wildman–Crippen MR) is 79.7 cm³/mol. The molecule has 21 heavy (non-hydrogen) atoms. The van der Waals surface area contributed by atoms with Gasteiger partial charge in [-0.15, -0.1) is 10.2 Å². The van der Waals surface area contributed by atoms with Crippen LogP contribution in [0.3, 0.4) is 0 Å². The van der Waals surface area contributed by atoms with Gasteiger partial charge in [0.2, 0.25) is 5.91 Å². The smallest absolute Gasteiger partial charge is 0.224 e. The maximum absolute atomic E-state index is 12.3. The number of aryl methyl sites for hydroxylation is 1. The zero-order valence-electron chi connectivity index (χ0n) is 12.8. The minimum atomic E-state index is -0.0706. The van der Waals surface area contributed by atoms with Gasteiger partial charge in [0.15, 0.2) is 5.82 Å². The second-order valence-electron chi connectivity index (χ2n) is 6.21. The number of amides is 1. The topological polar surface area (TPSA) is 71.8 Å². The molecule has 2 N–H and O–H groups in total. The molecule has 2 atom stereocenters. The van der Waals surface area contributed by atoms with Crippen molar-refractivity contribution in [3.05, 3.63) is 11.6 Å². The minimum absolute atomic E-state index is 0.0706. The summed E-state index contributed by atoms with van der Waals surface area (Å²) in [5, 5.41) is 15.0. The number of aromatic nitrogens is 3. The summed E-state index contributed by atoms with van der Waals surface area (Å²) in [4.78, 5) is 12.3. The van der Waals surface area contributed by atoms with E-state index in [1.807, 2.05) is 6.92 Å². The van der Waals surface area contributed by atoms with Crippen LogP contribution in [0.2, 0.25) is 0 Å². The van der Waals surface area contributed by atoms with E-state index >= 15 is 0 Å². The van der Waals surface area contributed by atoms with Gasteiger partial charge in [-0.3, -0.25) is 4.79 Å². The summed E-state index contributed by atoms with van der Waals surface area (Å²) in [5.74, 6) is 2.21.